The van der Waals surface area contributed by atoms with Crippen LogP contribution in [0.3, 0.4) is 0 Å². The molecule has 1 aliphatic rings. The number of anilines is 1. The Morgan fingerprint density at radius 1 is 1.05 bits per heavy atom. The minimum atomic E-state index is -0.991. The molecule has 0 spiro atoms. The number of halogens is 1. The molecule has 0 saturated carbocycles. The highest BCUT2D eigenvalue weighted by molar-refractivity contribution is 9.10. The number of aliphatic hydroxyl groups excluding tert-OH is 1. The number of carbonyl (C=O) groups excluding carboxylic acids is 2. The van der Waals surface area contributed by atoms with Crippen molar-refractivity contribution in [2.24, 2.45) is 5.92 Å². The third kappa shape index (κ3) is 4.72. The molecule has 0 radical (unpaired) electrons. The van der Waals surface area contributed by atoms with Gasteiger partial charge in [-0.15, -0.1) is 0 Å². The Labute approximate surface area is 221 Å². The van der Waals surface area contributed by atoms with E-state index in [4.69, 9.17) is 9.15 Å². The van der Waals surface area contributed by atoms with Crippen molar-refractivity contribution in [1.82, 2.24) is 0 Å². The third-order valence-electron chi connectivity index (χ3n) is 6.04. The van der Waals surface area contributed by atoms with Crippen LogP contribution in [0.2, 0.25) is 0 Å². The molecular weight excluding hydrogens is 538 g/mol. The van der Waals surface area contributed by atoms with Gasteiger partial charge in [0.25, 0.3) is 5.91 Å². The van der Waals surface area contributed by atoms with Crippen LogP contribution < -0.4 is 9.64 Å². The molecule has 3 aromatic carbocycles. The van der Waals surface area contributed by atoms with Gasteiger partial charge in [0.2, 0.25) is 5.78 Å². The number of carbonyl (C=O) groups is 2. The van der Waals surface area contributed by atoms with Crippen LogP contribution in [0.15, 0.2) is 93.0 Å². The predicted molar refractivity (Wildman–Crippen MR) is 143 cm³/mol. The summed E-state index contributed by atoms with van der Waals surface area (Å²) in [6, 6.07) is 19.0. The molecule has 0 bridgehead atoms. The number of benzene rings is 3. The van der Waals surface area contributed by atoms with Crippen LogP contribution in [0.4, 0.5) is 5.69 Å². The molecule has 37 heavy (non-hydrogen) atoms. The summed E-state index contributed by atoms with van der Waals surface area (Å²) < 4.78 is 12.4. The van der Waals surface area contributed by atoms with Crippen molar-refractivity contribution in [2.45, 2.75) is 19.9 Å². The van der Waals surface area contributed by atoms with Crippen LogP contribution in [0.1, 0.15) is 36.0 Å². The van der Waals surface area contributed by atoms with Crippen molar-refractivity contribution in [2.75, 3.05) is 11.5 Å². The van der Waals surface area contributed by atoms with Crippen molar-refractivity contribution < 1.29 is 29.0 Å². The van der Waals surface area contributed by atoms with Crippen LogP contribution in [0, 0.1) is 5.92 Å². The fourth-order valence-corrected chi connectivity index (χ4v) is 4.72. The van der Waals surface area contributed by atoms with E-state index in [0.717, 1.165) is 4.47 Å². The predicted octanol–water partition coefficient (Wildman–Crippen LogP) is 6.72. The summed E-state index contributed by atoms with van der Waals surface area (Å²) in [6.07, 6.45) is 0. The van der Waals surface area contributed by atoms with Gasteiger partial charge in [0.15, 0.2) is 11.5 Å². The topological polar surface area (TPSA) is 100 Å². The van der Waals surface area contributed by atoms with Crippen LogP contribution in [-0.4, -0.2) is 28.5 Å². The number of ether oxygens (including phenoxy) is 1. The van der Waals surface area contributed by atoms with Crippen LogP contribution in [0.25, 0.3) is 11.0 Å². The van der Waals surface area contributed by atoms with Crippen LogP contribution in [-0.2, 0) is 4.79 Å². The number of rotatable bonds is 7. The first-order valence-corrected chi connectivity index (χ1v) is 12.5. The lowest BCUT2D eigenvalue weighted by atomic mass is 9.94. The third-order valence-corrected chi connectivity index (χ3v) is 6.53. The quantitative estimate of drug-likeness (QED) is 0.243. The summed E-state index contributed by atoms with van der Waals surface area (Å²) in [5.41, 5.74) is 1.28. The first-order chi connectivity index (χ1) is 17.7. The number of fused-ring (bicyclic) bond motifs is 1. The zero-order chi connectivity index (χ0) is 26.3. The number of amides is 1. The fraction of sp³-hybridized carbons (Fsp3) is 0.172. The van der Waals surface area contributed by atoms with Crippen molar-refractivity contribution in [3.8, 4) is 11.5 Å². The van der Waals surface area contributed by atoms with Crippen LogP contribution in [0.5, 0.6) is 11.5 Å². The van der Waals surface area contributed by atoms with E-state index >= 15 is 0 Å². The van der Waals surface area contributed by atoms with E-state index in [1.165, 1.54) is 17.0 Å². The number of nitrogens with zero attached hydrogens (tertiary/aromatic N) is 1. The number of hydrogen-bond donors (Lipinski definition) is 2. The lowest BCUT2D eigenvalue weighted by Crippen LogP contribution is -2.31. The molecule has 188 valence electrons. The smallest absolute Gasteiger partial charge is 0.294 e. The van der Waals surface area contributed by atoms with Gasteiger partial charge in [0, 0.05) is 15.5 Å². The Balaban J connectivity index is 1.57. The number of ketones is 1. The minimum Gasteiger partial charge on any atom is -0.508 e. The summed E-state index contributed by atoms with van der Waals surface area (Å²) in [5, 5.41) is 21.8. The molecule has 1 amide bonds. The van der Waals surface area contributed by atoms with E-state index in [2.05, 4.69) is 15.9 Å². The largest absolute Gasteiger partial charge is 0.508 e. The molecule has 1 aromatic heterocycles. The molecule has 2 heterocycles. The highest BCUT2D eigenvalue weighted by Gasteiger charge is 2.45. The number of aliphatic hydroxyl groups is 1. The summed E-state index contributed by atoms with van der Waals surface area (Å²) in [4.78, 5) is 28.4. The lowest BCUT2D eigenvalue weighted by Gasteiger charge is -2.27. The minimum absolute atomic E-state index is 0.00751. The van der Waals surface area contributed by atoms with E-state index < -0.39 is 23.5 Å². The van der Waals surface area contributed by atoms with Gasteiger partial charge in [0.05, 0.1) is 18.2 Å². The molecule has 1 aliphatic heterocycles. The van der Waals surface area contributed by atoms with Gasteiger partial charge in [0.1, 0.15) is 17.1 Å². The number of furan rings is 1. The summed E-state index contributed by atoms with van der Waals surface area (Å²) in [6.45, 7) is 4.64. The monoisotopic (exact) mass is 561 g/mol. The van der Waals surface area contributed by atoms with E-state index in [9.17, 15) is 19.8 Å². The fourth-order valence-electron chi connectivity index (χ4n) is 4.34. The zero-order valence-electron chi connectivity index (χ0n) is 20.1. The van der Waals surface area contributed by atoms with Gasteiger partial charge in [-0.2, -0.15) is 0 Å². The van der Waals surface area contributed by atoms with Crippen molar-refractivity contribution >= 4 is 44.3 Å². The average molecular weight is 562 g/mol. The van der Waals surface area contributed by atoms with Crippen molar-refractivity contribution in [1.29, 1.82) is 0 Å². The Bertz CT molecular complexity index is 1540. The summed E-state index contributed by atoms with van der Waals surface area (Å²) in [5.74, 6) is -1.07. The number of hydrogen-bond acceptors (Lipinski definition) is 6. The number of aromatic hydroxyl groups is 1. The maximum atomic E-state index is 13.7. The Hall–Kier alpha value is -4.04. The van der Waals surface area contributed by atoms with Crippen molar-refractivity contribution in [3.63, 3.8) is 0 Å². The molecule has 0 fully saturated rings. The normalized spacial score (nSPS) is 15.7. The first-order valence-electron chi connectivity index (χ1n) is 11.7. The summed E-state index contributed by atoms with van der Waals surface area (Å²) >= 11 is 3.40. The molecule has 7 nitrogen and oxygen atoms in total. The molecule has 1 unspecified atom stereocenters. The zero-order valence-corrected chi connectivity index (χ0v) is 21.7. The Morgan fingerprint density at radius 2 is 1.81 bits per heavy atom. The maximum absolute atomic E-state index is 13.7. The van der Waals surface area contributed by atoms with Gasteiger partial charge in [-0.25, -0.2) is 0 Å². The maximum Gasteiger partial charge on any atom is 0.294 e. The lowest BCUT2D eigenvalue weighted by molar-refractivity contribution is -0.117. The molecule has 2 N–H and O–H groups in total. The highest BCUT2D eigenvalue weighted by Crippen LogP contribution is 2.43. The van der Waals surface area contributed by atoms with Crippen LogP contribution >= 0.6 is 15.9 Å². The second kappa shape index (κ2) is 9.78. The summed E-state index contributed by atoms with van der Waals surface area (Å²) in [7, 11) is 0. The van der Waals surface area contributed by atoms with Gasteiger partial charge < -0.3 is 19.4 Å². The molecule has 0 saturated heterocycles. The van der Waals surface area contributed by atoms with E-state index in [1.807, 2.05) is 19.9 Å². The van der Waals surface area contributed by atoms with E-state index in [0.29, 0.717) is 40.5 Å². The molecule has 1 atom stereocenters. The number of phenolic OH excluding ortho intramolecular Hbond substituents is 1. The van der Waals surface area contributed by atoms with Gasteiger partial charge >= 0.3 is 0 Å². The van der Waals surface area contributed by atoms with E-state index in [-0.39, 0.29) is 17.1 Å². The Morgan fingerprint density at radius 3 is 2.51 bits per heavy atom. The molecule has 8 heteroatoms. The first kappa shape index (κ1) is 24.6. The van der Waals surface area contributed by atoms with Gasteiger partial charge in [-0.05, 0) is 72.1 Å². The number of phenols is 1. The second-order valence-corrected chi connectivity index (χ2v) is 10.2. The van der Waals surface area contributed by atoms with Crippen molar-refractivity contribution in [3.05, 3.63) is 99.9 Å². The molecular formula is C29H24BrNO6. The standard InChI is InChI=1S/C29H24BrNO6/c1-16(2)15-36-22-9-7-20(8-10-22)31-26(17-4-3-5-21(32)13-17)25(28(34)29(31)35)27(33)24-14-18-12-19(30)6-11-23(18)37-24/h3-14,16,26,32,34H,15H2,1-2H3. The molecule has 0 aliphatic carbocycles. The van der Waals surface area contributed by atoms with Gasteiger partial charge in [-0.3, -0.25) is 14.5 Å². The number of Topliss-reactive ketones (excluding diaryl/α,β-unsaturated/α-hetero) is 1. The highest BCUT2D eigenvalue weighted by atomic mass is 79.9. The molecule has 4 aromatic rings. The second-order valence-electron chi connectivity index (χ2n) is 9.26. The van der Waals surface area contributed by atoms with E-state index in [1.54, 1.807) is 54.6 Å². The Kier molecular flexibility index (Phi) is 6.52. The average Bonchev–Trinajstić information content (AvgIpc) is 3.41. The molecule has 5 rings (SSSR count). The van der Waals surface area contributed by atoms with Gasteiger partial charge in [-0.1, -0.05) is 41.9 Å². The SMILES string of the molecule is CC(C)COc1ccc(N2C(=O)C(O)=C(C(=O)c3cc4cc(Br)ccc4o3)C2c2cccc(O)c2)cc1.